The number of carboxylic acid groups (broad SMARTS) is 1. The summed E-state index contributed by atoms with van der Waals surface area (Å²) in [7, 11) is 0. The van der Waals surface area contributed by atoms with Crippen LogP contribution in [-0.2, 0) is 9.53 Å². The molecule has 0 aromatic carbocycles. The Hall–Kier alpha value is -1.30. The predicted octanol–water partition coefficient (Wildman–Crippen LogP) is 1.46. The summed E-state index contributed by atoms with van der Waals surface area (Å²) in [5, 5.41) is 14.3. The normalized spacial score (nSPS) is 12.8. The molecule has 0 fully saturated rings. The lowest BCUT2D eigenvalue weighted by Crippen LogP contribution is -2.41. The fourth-order valence-corrected chi connectivity index (χ4v) is 1.65. The number of rotatable bonds is 8. The lowest BCUT2D eigenvalue weighted by molar-refractivity contribution is -0.142. The van der Waals surface area contributed by atoms with Crippen molar-refractivity contribution in [2.45, 2.75) is 34.1 Å². The Balaban J connectivity index is 3.98. The fraction of sp³-hybridized carbons (Fsp3) is 0.846. The number of carbonyl (C=O) groups is 2. The first kappa shape index (κ1) is 17.7. The average Bonchev–Trinajstić information content (AvgIpc) is 2.28. The third-order valence-electron chi connectivity index (χ3n) is 2.45. The average molecular weight is 274 g/mol. The number of hydrogen-bond acceptors (Lipinski definition) is 3. The van der Waals surface area contributed by atoms with E-state index in [-0.39, 0.29) is 18.0 Å². The number of urea groups is 1. The monoisotopic (exact) mass is 274 g/mol. The van der Waals surface area contributed by atoms with Gasteiger partial charge in [0.1, 0.15) is 0 Å². The minimum atomic E-state index is -0.885. The minimum Gasteiger partial charge on any atom is -0.481 e. The Morgan fingerprint density at radius 2 is 1.89 bits per heavy atom. The van der Waals surface area contributed by atoms with Crippen LogP contribution in [0, 0.1) is 11.3 Å². The molecule has 6 heteroatoms. The molecule has 1 atom stereocenters. The van der Waals surface area contributed by atoms with E-state index >= 15 is 0 Å². The van der Waals surface area contributed by atoms with Gasteiger partial charge in [-0.25, -0.2) is 4.79 Å². The molecule has 0 spiro atoms. The fourth-order valence-electron chi connectivity index (χ4n) is 1.65. The minimum absolute atomic E-state index is 0.0871. The second-order valence-electron chi connectivity index (χ2n) is 5.63. The van der Waals surface area contributed by atoms with E-state index in [1.165, 1.54) is 0 Å². The highest BCUT2D eigenvalue weighted by molar-refractivity contribution is 5.75. The largest absolute Gasteiger partial charge is 0.481 e. The molecule has 0 aliphatic carbocycles. The van der Waals surface area contributed by atoms with E-state index in [9.17, 15) is 9.59 Å². The van der Waals surface area contributed by atoms with E-state index < -0.39 is 11.9 Å². The van der Waals surface area contributed by atoms with Crippen LogP contribution in [0.2, 0.25) is 0 Å². The summed E-state index contributed by atoms with van der Waals surface area (Å²) in [6.45, 7) is 9.42. The van der Waals surface area contributed by atoms with Crippen molar-refractivity contribution in [2.24, 2.45) is 11.3 Å². The standard InChI is InChI=1S/C13H26N2O4/c1-5-19-7-6-14-12(18)15-9-10(11(16)17)8-13(2,3)4/h10H,5-9H2,1-4H3,(H,16,17)(H2,14,15,18). The zero-order valence-electron chi connectivity index (χ0n) is 12.3. The highest BCUT2D eigenvalue weighted by Crippen LogP contribution is 2.24. The van der Waals surface area contributed by atoms with Gasteiger partial charge in [-0.2, -0.15) is 0 Å². The van der Waals surface area contributed by atoms with Crippen molar-refractivity contribution in [1.82, 2.24) is 10.6 Å². The van der Waals surface area contributed by atoms with E-state index in [0.29, 0.717) is 26.2 Å². The molecule has 112 valence electrons. The van der Waals surface area contributed by atoms with Gasteiger partial charge >= 0.3 is 12.0 Å². The van der Waals surface area contributed by atoms with Crippen molar-refractivity contribution in [2.75, 3.05) is 26.3 Å². The molecule has 0 aliphatic rings. The lowest BCUT2D eigenvalue weighted by Gasteiger charge is -2.23. The third-order valence-corrected chi connectivity index (χ3v) is 2.45. The quantitative estimate of drug-likeness (QED) is 0.585. The predicted molar refractivity (Wildman–Crippen MR) is 73.1 cm³/mol. The van der Waals surface area contributed by atoms with Crippen LogP contribution in [0.5, 0.6) is 0 Å². The summed E-state index contributed by atoms with van der Waals surface area (Å²) in [5.41, 5.74) is -0.0871. The van der Waals surface area contributed by atoms with Gasteiger partial charge in [-0.05, 0) is 18.8 Å². The van der Waals surface area contributed by atoms with Crippen LogP contribution in [0.4, 0.5) is 4.79 Å². The summed E-state index contributed by atoms with van der Waals surface area (Å²) in [6, 6.07) is -0.361. The van der Waals surface area contributed by atoms with Crippen molar-refractivity contribution in [3.8, 4) is 0 Å². The van der Waals surface area contributed by atoms with E-state index in [2.05, 4.69) is 10.6 Å². The molecule has 0 radical (unpaired) electrons. The molecule has 3 N–H and O–H groups in total. The first-order chi connectivity index (χ1) is 8.76. The molecule has 19 heavy (non-hydrogen) atoms. The Morgan fingerprint density at radius 1 is 1.26 bits per heavy atom. The Morgan fingerprint density at radius 3 is 2.37 bits per heavy atom. The van der Waals surface area contributed by atoms with Gasteiger partial charge in [0.15, 0.2) is 0 Å². The van der Waals surface area contributed by atoms with Crippen molar-refractivity contribution >= 4 is 12.0 Å². The molecule has 0 bridgehead atoms. The maximum Gasteiger partial charge on any atom is 0.314 e. The van der Waals surface area contributed by atoms with E-state index in [1.807, 2.05) is 27.7 Å². The van der Waals surface area contributed by atoms with Gasteiger partial charge in [0.05, 0.1) is 12.5 Å². The molecule has 0 heterocycles. The van der Waals surface area contributed by atoms with E-state index in [0.717, 1.165) is 0 Å². The Kier molecular flexibility index (Phi) is 8.14. The summed E-state index contributed by atoms with van der Waals surface area (Å²) in [6.07, 6.45) is 0.515. The molecular weight excluding hydrogens is 248 g/mol. The van der Waals surface area contributed by atoms with Crippen molar-refractivity contribution in [3.63, 3.8) is 0 Å². The Labute approximate surface area is 114 Å². The second kappa shape index (κ2) is 8.74. The van der Waals surface area contributed by atoms with Crippen LogP contribution >= 0.6 is 0 Å². The molecule has 0 aromatic rings. The van der Waals surface area contributed by atoms with Crippen LogP contribution in [0.15, 0.2) is 0 Å². The van der Waals surface area contributed by atoms with Crippen LogP contribution in [0.25, 0.3) is 0 Å². The van der Waals surface area contributed by atoms with Gasteiger partial charge in [-0.15, -0.1) is 0 Å². The summed E-state index contributed by atoms with van der Waals surface area (Å²) < 4.78 is 5.08. The number of ether oxygens (including phenoxy) is 1. The van der Waals surface area contributed by atoms with Gasteiger partial charge in [0.2, 0.25) is 0 Å². The topological polar surface area (TPSA) is 87.7 Å². The maximum absolute atomic E-state index is 11.4. The molecule has 0 saturated heterocycles. The molecular formula is C13H26N2O4. The third kappa shape index (κ3) is 10.3. The SMILES string of the molecule is CCOCCNC(=O)NCC(CC(C)(C)C)C(=O)O. The van der Waals surface area contributed by atoms with Crippen molar-refractivity contribution in [3.05, 3.63) is 0 Å². The summed E-state index contributed by atoms with van der Waals surface area (Å²) in [5.74, 6) is -1.46. The Bertz CT molecular complexity index is 287. The summed E-state index contributed by atoms with van der Waals surface area (Å²) in [4.78, 5) is 22.5. The van der Waals surface area contributed by atoms with Gasteiger partial charge in [-0.3, -0.25) is 4.79 Å². The number of nitrogens with one attached hydrogen (secondary N) is 2. The number of carboxylic acids is 1. The smallest absolute Gasteiger partial charge is 0.314 e. The van der Waals surface area contributed by atoms with Crippen LogP contribution < -0.4 is 10.6 Å². The van der Waals surface area contributed by atoms with E-state index in [1.54, 1.807) is 0 Å². The number of hydrogen-bond donors (Lipinski definition) is 3. The molecule has 0 saturated carbocycles. The van der Waals surface area contributed by atoms with Crippen molar-refractivity contribution < 1.29 is 19.4 Å². The molecule has 6 nitrogen and oxygen atoms in total. The van der Waals surface area contributed by atoms with Gasteiger partial charge in [0.25, 0.3) is 0 Å². The van der Waals surface area contributed by atoms with Gasteiger partial charge in [-0.1, -0.05) is 20.8 Å². The second-order valence-corrected chi connectivity index (χ2v) is 5.63. The van der Waals surface area contributed by atoms with Crippen molar-refractivity contribution in [1.29, 1.82) is 0 Å². The van der Waals surface area contributed by atoms with Crippen LogP contribution in [0.3, 0.4) is 0 Å². The van der Waals surface area contributed by atoms with Gasteiger partial charge < -0.3 is 20.5 Å². The molecule has 0 aliphatic heterocycles. The number of carbonyl (C=O) groups excluding carboxylic acids is 1. The first-order valence-electron chi connectivity index (χ1n) is 6.58. The first-order valence-corrected chi connectivity index (χ1v) is 6.58. The lowest BCUT2D eigenvalue weighted by atomic mass is 9.84. The van der Waals surface area contributed by atoms with Crippen LogP contribution in [-0.4, -0.2) is 43.4 Å². The number of aliphatic carboxylic acids is 1. The zero-order valence-corrected chi connectivity index (χ0v) is 12.3. The highest BCUT2D eigenvalue weighted by atomic mass is 16.5. The molecule has 1 unspecified atom stereocenters. The van der Waals surface area contributed by atoms with Crippen LogP contribution in [0.1, 0.15) is 34.1 Å². The molecule has 0 aromatic heterocycles. The maximum atomic E-state index is 11.4. The number of amides is 2. The van der Waals surface area contributed by atoms with E-state index in [4.69, 9.17) is 9.84 Å². The molecule has 0 rings (SSSR count). The molecule has 2 amide bonds. The summed E-state index contributed by atoms with van der Waals surface area (Å²) >= 11 is 0. The van der Waals surface area contributed by atoms with Gasteiger partial charge in [0, 0.05) is 19.7 Å². The zero-order chi connectivity index (χ0) is 14.9. The highest BCUT2D eigenvalue weighted by Gasteiger charge is 2.24.